The van der Waals surface area contributed by atoms with Crippen LogP contribution in [0, 0.1) is 13.8 Å². The van der Waals surface area contributed by atoms with Crippen LogP contribution in [0.2, 0.25) is 0 Å². The average Bonchev–Trinajstić information content (AvgIpc) is 2.85. The highest BCUT2D eigenvalue weighted by Crippen LogP contribution is 2.26. The molecule has 166 valence electrons. The van der Waals surface area contributed by atoms with E-state index < -0.39 is 0 Å². The lowest BCUT2D eigenvalue weighted by molar-refractivity contribution is 0.102. The van der Waals surface area contributed by atoms with Gasteiger partial charge in [0.1, 0.15) is 18.1 Å². The molecule has 4 rings (SSSR count). The zero-order valence-corrected chi connectivity index (χ0v) is 19.1. The lowest BCUT2D eigenvalue weighted by Crippen LogP contribution is -2.13. The number of hydrogen-bond acceptors (Lipinski definition) is 3. The van der Waals surface area contributed by atoms with Crippen molar-refractivity contribution in [2.24, 2.45) is 0 Å². The van der Waals surface area contributed by atoms with Crippen molar-refractivity contribution in [3.8, 4) is 22.6 Å². The second-order valence-corrected chi connectivity index (χ2v) is 7.98. The number of hydrogen-bond donors (Lipinski definition) is 1. The largest absolute Gasteiger partial charge is 0.496 e. The molecule has 0 saturated carbocycles. The van der Waals surface area contributed by atoms with Crippen molar-refractivity contribution in [1.82, 2.24) is 0 Å². The van der Waals surface area contributed by atoms with E-state index in [0.29, 0.717) is 17.9 Å². The van der Waals surface area contributed by atoms with Gasteiger partial charge in [-0.05, 0) is 66.9 Å². The first kappa shape index (κ1) is 22.2. The number of aryl methyl sites for hydroxylation is 2. The van der Waals surface area contributed by atoms with Crippen molar-refractivity contribution >= 4 is 11.6 Å². The Labute approximate surface area is 194 Å². The molecule has 0 aliphatic rings. The lowest BCUT2D eigenvalue weighted by atomic mass is 10.1. The van der Waals surface area contributed by atoms with Gasteiger partial charge in [0, 0.05) is 16.8 Å². The van der Waals surface area contributed by atoms with Gasteiger partial charge in [-0.1, -0.05) is 60.2 Å². The van der Waals surface area contributed by atoms with E-state index in [1.54, 1.807) is 19.2 Å². The maximum absolute atomic E-state index is 12.9. The molecule has 0 spiro atoms. The van der Waals surface area contributed by atoms with Crippen LogP contribution in [0.5, 0.6) is 11.5 Å². The third kappa shape index (κ3) is 5.42. The predicted molar refractivity (Wildman–Crippen MR) is 133 cm³/mol. The van der Waals surface area contributed by atoms with Gasteiger partial charge in [0.25, 0.3) is 5.91 Å². The molecule has 0 aliphatic heterocycles. The fourth-order valence-electron chi connectivity index (χ4n) is 3.72. The molecule has 33 heavy (non-hydrogen) atoms. The molecule has 4 heteroatoms. The first-order chi connectivity index (χ1) is 16.0. The van der Waals surface area contributed by atoms with Crippen molar-refractivity contribution in [3.63, 3.8) is 0 Å². The van der Waals surface area contributed by atoms with E-state index in [1.165, 1.54) is 0 Å². The van der Waals surface area contributed by atoms with Crippen LogP contribution >= 0.6 is 0 Å². The Kier molecular flexibility index (Phi) is 6.75. The van der Waals surface area contributed by atoms with Gasteiger partial charge in [-0.3, -0.25) is 4.79 Å². The van der Waals surface area contributed by atoms with E-state index in [1.807, 2.05) is 80.6 Å². The fraction of sp³-hybridized carbons (Fsp3) is 0.138. The second-order valence-electron chi connectivity index (χ2n) is 7.98. The van der Waals surface area contributed by atoms with E-state index >= 15 is 0 Å². The van der Waals surface area contributed by atoms with Crippen molar-refractivity contribution < 1.29 is 14.3 Å². The Morgan fingerprint density at radius 1 is 0.818 bits per heavy atom. The minimum atomic E-state index is -0.168. The number of amides is 1. The number of ether oxygens (including phenoxy) is 2. The predicted octanol–water partition coefficient (Wildman–Crippen LogP) is 6.81. The lowest BCUT2D eigenvalue weighted by Gasteiger charge is -2.13. The summed E-state index contributed by atoms with van der Waals surface area (Å²) >= 11 is 0. The number of methoxy groups -OCH3 is 1. The quantitative estimate of drug-likeness (QED) is 0.345. The van der Waals surface area contributed by atoms with Crippen LogP contribution < -0.4 is 14.8 Å². The van der Waals surface area contributed by atoms with Crippen LogP contribution in [0.25, 0.3) is 11.1 Å². The highest BCUT2D eigenvalue weighted by atomic mass is 16.5. The molecule has 0 saturated heterocycles. The molecule has 0 heterocycles. The van der Waals surface area contributed by atoms with Gasteiger partial charge in [0.15, 0.2) is 0 Å². The van der Waals surface area contributed by atoms with Crippen molar-refractivity contribution in [2.75, 3.05) is 12.4 Å². The third-order valence-electron chi connectivity index (χ3n) is 5.53. The zero-order valence-electron chi connectivity index (χ0n) is 19.1. The molecular weight excluding hydrogens is 410 g/mol. The SMILES string of the molecule is COc1ccc(C(=O)Nc2ccc(C)cc2C)cc1COc1ccc(-c2ccccc2)cc1. The van der Waals surface area contributed by atoms with Gasteiger partial charge in [-0.15, -0.1) is 0 Å². The molecule has 0 atom stereocenters. The zero-order chi connectivity index (χ0) is 23.2. The van der Waals surface area contributed by atoms with Crippen LogP contribution in [0.4, 0.5) is 5.69 Å². The minimum absolute atomic E-state index is 0.168. The third-order valence-corrected chi connectivity index (χ3v) is 5.53. The summed E-state index contributed by atoms with van der Waals surface area (Å²) in [4.78, 5) is 12.9. The second kappa shape index (κ2) is 10.0. The maximum Gasteiger partial charge on any atom is 0.255 e. The Balaban J connectivity index is 1.47. The molecule has 1 amide bonds. The van der Waals surface area contributed by atoms with Gasteiger partial charge in [-0.25, -0.2) is 0 Å². The summed E-state index contributed by atoms with van der Waals surface area (Å²) in [7, 11) is 1.61. The summed E-state index contributed by atoms with van der Waals surface area (Å²) in [5.41, 5.74) is 6.63. The van der Waals surface area contributed by atoms with Crippen LogP contribution in [0.3, 0.4) is 0 Å². The maximum atomic E-state index is 12.9. The first-order valence-corrected chi connectivity index (χ1v) is 10.9. The van der Waals surface area contributed by atoms with Gasteiger partial charge in [-0.2, -0.15) is 0 Å². The molecule has 0 bridgehead atoms. The highest BCUT2D eigenvalue weighted by molar-refractivity contribution is 6.04. The first-order valence-electron chi connectivity index (χ1n) is 10.9. The number of carbonyl (C=O) groups excluding carboxylic acids is 1. The number of carbonyl (C=O) groups is 1. The summed E-state index contributed by atoms with van der Waals surface area (Å²) in [6.07, 6.45) is 0. The number of rotatable bonds is 7. The molecule has 0 unspecified atom stereocenters. The fourth-order valence-corrected chi connectivity index (χ4v) is 3.72. The van der Waals surface area contributed by atoms with E-state index in [-0.39, 0.29) is 5.91 Å². The van der Waals surface area contributed by atoms with Gasteiger partial charge in [0.05, 0.1) is 7.11 Å². The Hall–Kier alpha value is -4.05. The summed E-state index contributed by atoms with van der Waals surface area (Å²) in [6.45, 7) is 4.31. The summed E-state index contributed by atoms with van der Waals surface area (Å²) in [6, 6.07) is 29.5. The minimum Gasteiger partial charge on any atom is -0.496 e. The van der Waals surface area contributed by atoms with E-state index in [4.69, 9.17) is 9.47 Å². The van der Waals surface area contributed by atoms with E-state index in [2.05, 4.69) is 17.4 Å². The molecule has 4 aromatic rings. The van der Waals surface area contributed by atoms with Crippen molar-refractivity contribution in [2.45, 2.75) is 20.5 Å². The van der Waals surface area contributed by atoms with Gasteiger partial charge < -0.3 is 14.8 Å². The van der Waals surface area contributed by atoms with Gasteiger partial charge >= 0.3 is 0 Å². The van der Waals surface area contributed by atoms with Gasteiger partial charge in [0.2, 0.25) is 0 Å². The van der Waals surface area contributed by atoms with Crippen molar-refractivity contribution in [1.29, 1.82) is 0 Å². The Morgan fingerprint density at radius 3 is 2.24 bits per heavy atom. The highest BCUT2D eigenvalue weighted by Gasteiger charge is 2.12. The Morgan fingerprint density at radius 2 is 1.55 bits per heavy atom. The summed E-state index contributed by atoms with van der Waals surface area (Å²) in [5.74, 6) is 1.26. The molecular formula is C29H27NO3. The molecule has 4 aromatic carbocycles. The number of nitrogens with one attached hydrogen (secondary N) is 1. The molecule has 0 radical (unpaired) electrons. The molecule has 0 aliphatic carbocycles. The van der Waals surface area contributed by atoms with Crippen molar-refractivity contribution in [3.05, 3.63) is 113 Å². The van der Waals surface area contributed by atoms with Crippen LogP contribution in [0.15, 0.2) is 91.0 Å². The average molecular weight is 438 g/mol. The summed E-state index contributed by atoms with van der Waals surface area (Å²) < 4.78 is 11.5. The number of benzene rings is 4. The topological polar surface area (TPSA) is 47.6 Å². The monoisotopic (exact) mass is 437 g/mol. The summed E-state index contributed by atoms with van der Waals surface area (Å²) in [5, 5.41) is 2.99. The Bertz CT molecular complexity index is 1250. The normalized spacial score (nSPS) is 10.5. The standard InChI is InChI=1S/C29H27NO3/c1-20-9-15-27(21(2)17-20)30-29(31)24-12-16-28(32-3)25(18-24)19-33-26-13-10-23(11-14-26)22-7-5-4-6-8-22/h4-18H,19H2,1-3H3,(H,30,31). The van der Waals surface area contributed by atoms with Crippen LogP contribution in [0.1, 0.15) is 27.0 Å². The van der Waals surface area contributed by atoms with E-state index in [0.717, 1.165) is 39.3 Å². The molecule has 4 nitrogen and oxygen atoms in total. The molecule has 0 fully saturated rings. The van der Waals surface area contributed by atoms with Crippen LogP contribution in [-0.2, 0) is 6.61 Å². The van der Waals surface area contributed by atoms with Crippen LogP contribution in [-0.4, -0.2) is 13.0 Å². The number of anilines is 1. The molecule has 1 N–H and O–H groups in total. The molecule has 0 aromatic heterocycles. The van der Waals surface area contributed by atoms with E-state index in [9.17, 15) is 4.79 Å². The smallest absolute Gasteiger partial charge is 0.255 e.